The second kappa shape index (κ2) is 9.53. The van der Waals surface area contributed by atoms with Crippen LogP contribution in [-0.4, -0.2) is 48.1 Å². The van der Waals surface area contributed by atoms with Crippen LogP contribution in [0.5, 0.6) is 11.5 Å². The molecule has 2 aliphatic heterocycles. The number of fused-ring (bicyclic) bond motifs is 1. The summed E-state index contributed by atoms with van der Waals surface area (Å²) in [5.74, 6) is 1.91. The molecule has 4 rings (SSSR count). The molecule has 0 aromatic heterocycles. The lowest BCUT2D eigenvalue weighted by Gasteiger charge is -2.15. The molecule has 1 fully saturated rings. The number of rotatable bonds is 9. The minimum Gasteiger partial charge on any atom is -0.493 e. The van der Waals surface area contributed by atoms with Gasteiger partial charge in [0.25, 0.3) is 5.24 Å². The first kappa shape index (κ1) is 20.8. The van der Waals surface area contributed by atoms with Crippen molar-refractivity contribution in [3.8, 4) is 11.5 Å². The van der Waals surface area contributed by atoms with Crippen LogP contribution in [-0.2, 0) is 24.2 Å². The van der Waals surface area contributed by atoms with E-state index in [4.69, 9.17) is 9.47 Å². The Balaban J connectivity index is 1.20. The van der Waals surface area contributed by atoms with E-state index in [1.807, 2.05) is 19.1 Å². The summed E-state index contributed by atoms with van der Waals surface area (Å²) < 4.78 is 11.3. The third-order valence-corrected chi connectivity index (χ3v) is 6.18. The quantitative estimate of drug-likeness (QED) is 0.621. The third kappa shape index (κ3) is 4.96. The van der Waals surface area contributed by atoms with E-state index in [9.17, 15) is 9.59 Å². The zero-order valence-electron chi connectivity index (χ0n) is 17.1. The Labute approximate surface area is 180 Å². The third-order valence-electron chi connectivity index (χ3n) is 5.33. The lowest BCUT2D eigenvalue weighted by molar-refractivity contribution is -0.124. The van der Waals surface area contributed by atoms with Gasteiger partial charge in [0.1, 0.15) is 18.1 Å². The molecule has 1 N–H and O–H groups in total. The van der Waals surface area contributed by atoms with Crippen LogP contribution in [0.15, 0.2) is 36.4 Å². The van der Waals surface area contributed by atoms with Gasteiger partial charge in [-0.2, -0.15) is 0 Å². The number of hydrogen-bond donors (Lipinski definition) is 1. The number of thioether (sulfide) groups is 1. The Morgan fingerprint density at radius 3 is 2.83 bits per heavy atom. The van der Waals surface area contributed by atoms with E-state index in [1.165, 1.54) is 21.6 Å². The van der Waals surface area contributed by atoms with Crippen LogP contribution in [0.1, 0.15) is 22.3 Å². The van der Waals surface area contributed by atoms with Gasteiger partial charge in [-0.1, -0.05) is 36.0 Å². The minimum absolute atomic E-state index is 0.139. The molecule has 1 saturated heterocycles. The monoisotopic (exact) mass is 426 g/mol. The largest absolute Gasteiger partial charge is 0.493 e. The first-order valence-electron chi connectivity index (χ1n) is 10.2. The average molecular weight is 427 g/mol. The lowest BCUT2D eigenvalue weighted by Crippen LogP contribution is -2.32. The zero-order valence-corrected chi connectivity index (χ0v) is 17.9. The Bertz CT molecular complexity index is 931. The molecule has 2 aliphatic rings. The van der Waals surface area contributed by atoms with Crippen molar-refractivity contribution in [3.63, 3.8) is 0 Å². The number of amides is 2. The minimum atomic E-state index is -0.185. The molecular formula is C23H26N2O4S. The Kier molecular flexibility index (Phi) is 6.59. The molecule has 0 radical (unpaired) electrons. The molecule has 2 aromatic carbocycles. The molecule has 30 heavy (non-hydrogen) atoms. The number of ether oxygens (including phenoxy) is 2. The van der Waals surface area contributed by atoms with Crippen molar-refractivity contribution in [1.29, 1.82) is 0 Å². The van der Waals surface area contributed by atoms with Crippen LogP contribution < -0.4 is 14.8 Å². The van der Waals surface area contributed by atoms with Crippen molar-refractivity contribution < 1.29 is 19.1 Å². The summed E-state index contributed by atoms with van der Waals surface area (Å²) in [6.45, 7) is 5.11. The fraction of sp³-hybridized carbons (Fsp3) is 0.391. The Morgan fingerprint density at radius 1 is 1.17 bits per heavy atom. The highest BCUT2D eigenvalue weighted by Gasteiger charge is 2.29. The Hall–Kier alpha value is -2.51. The van der Waals surface area contributed by atoms with Crippen molar-refractivity contribution in [3.05, 3.63) is 58.7 Å². The SMILES string of the molecule is Cc1cc(CNCCc2ccc3c(c2)CCO3)ccc1OCCN1C(=O)CSC1=O. The zero-order chi connectivity index (χ0) is 20.9. The van der Waals surface area contributed by atoms with E-state index in [-0.39, 0.29) is 16.9 Å². The normalized spacial score (nSPS) is 15.4. The second-order valence-electron chi connectivity index (χ2n) is 7.52. The van der Waals surface area contributed by atoms with Crippen LogP contribution >= 0.6 is 11.8 Å². The van der Waals surface area contributed by atoms with Gasteiger partial charge in [-0.15, -0.1) is 0 Å². The number of carbonyl (C=O) groups excluding carboxylic acids is 2. The molecule has 158 valence electrons. The van der Waals surface area contributed by atoms with Gasteiger partial charge in [-0.3, -0.25) is 14.5 Å². The molecule has 0 unspecified atom stereocenters. The number of benzene rings is 2. The van der Waals surface area contributed by atoms with Crippen LogP contribution in [0.2, 0.25) is 0 Å². The van der Waals surface area contributed by atoms with Crippen molar-refractivity contribution >= 4 is 22.9 Å². The van der Waals surface area contributed by atoms with Gasteiger partial charge >= 0.3 is 0 Å². The summed E-state index contributed by atoms with van der Waals surface area (Å²) in [5, 5.41) is 3.31. The molecule has 0 aliphatic carbocycles. The molecule has 2 heterocycles. The molecule has 2 amide bonds. The maximum Gasteiger partial charge on any atom is 0.288 e. The summed E-state index contributed by atoms with van der Waals surface area (Å²) in [6, 6.07) is 12.6. The van der Waals surface area contributed by atoms with E-state index >= 15 is 0 Å². The maximum atomic E-state index is 11.6. The topological polar surface area (TPSA) is 67.9 Å². The van der Waals surface area contributed by atoms with Crippen LogP contribution in [0.3, 0.4) is 0 Å². The molecule has 2 aromatic rings. The average Bonchev–Trinajstić information content (AvgIpc) is 3.33. The maximum absolute atomic E-state index is 11.6. The molecule has 0 bridgehead atoms. The molecule has 6 nitrogen and oxygen atoms in total. The van der Waals surface area contributed by atoms with Crippen LogP contribution in [0.4, 0.5) is 4.79 Å². The second-order valence-corrected chi connectivity index (χ2v) is 8.44. The van der Waals surface area contributed by atoms with E-state index in [1.54, 1.807) is 0 Å². The predicted molar refractivity (Wildman–Crippen MR) is 117 cm³/mol. The van der Waals surface area contributed by atoms with Crippen molar-refractivity contribution in [2.75, 3.05) is 32.1 Å². The standard InChI is InChI=1S/C23H26N2O4S/c1-16-12-18(3-4-20(16)29-11-9-25-22(26)15-30-23(25)27)14-24-8-6-17-2-5-21-19(13-17)7-10-28-21/h2-5,12-13,24H,6-11,14-15H2,1H3. The van der Waals surface area contributed by atoms with E-state index < -0.39 is 0 Å². The summed E-state index contributed by atoms with van der Waals surface area (Å²) in [6.07, 6.45) is 1.99. The summed E-state index contributed by atoms with van der Waals surface area (Å²) >= 11 is 1.05. The van der Waals surface area contributed by atoms with E-state index in [0.29, 0.717) is 13.2 Å². The number of hydrogen-bond acceptors (Lipinski definition) is 6. The smallest absolute Gasteiger partial charge is 0.288 e. The molecule has 7 heteroatoms. The van der Waals surface area contributed by atoms with E-state index in [2.05, 4.69) is 29.6 Å². The predicted octanol–water partition coefficient (Wildman–Crippen LogP) is 3.34. The molecule has 0 spiro atoms. The van der Waals surface area contributed by atoms with Gasteiger partial charge in [0.15, 0.2) is 0 Å². The summed E-state index contributed by atoms with van der Waals surface area (Å²) in [7, 11) is 0. The van der Waals surface area contributed by atoms with Crippen LogP contribution in [0.25, 0.3) is 0 Å². The molecule has 0 saturated carbocycles. The first-order valence-corrected chi connectivity index (χ1v) is 11.2. The highest BCUT2D eigenvalue weighted by molar-refractivity contribution is 8.14. The number of imide groups is 1. The fourth-order valence-electron chi connectivity index (χ4n) is 3.69. The van der Waals surface area contributed by atoms with Crippen molar-refractivity contribution in [2.45, 2.75) is 26.3 Å². The highest BCUT2D eigenvalue weighted by Crippen LogP contribution is 2.26. The van der Waals surface area contributed by atoms with Crippen molar-refractivity contribution in [1.82, 2.24) is 10.2 Å². The first-order chi connectivity index (χ1) is 14.6. The van der Waals surface area contributed by atoms with Crippen molar-refractivity contribution in [2.24, 2.45) is 0 Å². The number of nitrogens with one attached hydrogen (secondary N) is 1. The van der Waals surface area contributed by atoms with Gasteiger partial charge in [0, 0.05) is 13.0 Å². The highest BCUT2D eigenvalue weighted by atomic mass is 32.2. The molecule has 0 atom stereocenters. The van der Waals surface area contributed by atoms with Gasteiger partial charge in [0.05, 0.1) is 18.9 Å². The summed E-state index contributed by atoms with van der Waals surface area (Å²) in [5.41, 5.74) is 4.89. The summed E-state index contributed by atoms with van der Waals surface area (Å²) in [4.78, 5) is 24.5. The molecular weight excluding hydrogens is 400 g/mol. The van der Waals surface area contributed by atoms with Crippen LogP contribution in [0, 0.1) is 6.92 Å². The number of carbonyl (C=O) groups is 2. The van der Waals surface area contributed by atoms with Gasteiger partial charge in [-0.05, 0) is 54.3 Å². The van der Waals surface area contributed by atoms with Gasteiger partial charge in [0.2, 0.25) is 5.91 Å². The Morgan fingerprint density at radius 2 is 2.03 bits per heavy atom. The number of aryl methyl sites for hydroxylation is 1. The number of nitrogens with zero attached hydrogens (tertiary/aromatic N) is 1. The van der Waals surface area contributed by atoms with E-state index in [0.717, 1.165) is 61.4 Å². The van der Waals surface area contributed by atoms with Gasteiger partial charge < -0.3 is 14.8 Å². The van der Waals surface area contributed by atoms with Gasteiger partial charge in [-0.25, -0.2) is 0 Å². The lowest BCUT2D eigenvalue weighted by atomic mass is 10.1. The fourth-order valence-corrected chi connectivity index (χ4v) is 4.44.